The molecule has 6 heteroatoms. The number of nitrogens with zero attached hydrogens (tertiary/aromatic N) is 2. The smallest absolute Gasteiger partial charge is 0.364 e. The lowest BCUT2D eigenvalue weighted by Gasteiger charge is -2.19. The topological polar surface area (TPSA) is 51.9 Å². The number of H-pyrrole nitrogens is 1. The van der Waals surface area contributed by atoms with Crippen molar-refractivity contribution >= 4 is 11.3 Å². The van der Waals surface area contributed by atoms with Crippen molar-refractivity contribution in [2.24, 2.45) is 7.05 Å². The number of rotatable bonds is 5. The second-order valence-corrected chi connectivity index (χ2v) is 7.41. The van der Waals surface area contributed by atoms with Crippen LogP contribution in [0.5, 0.6) is 5.75 Å². The van der Waals surface area contributed by atoms with Gasteiger partial charge in [-0.2, -0.15) is 16.0 Å². The van der Waals surface area contributed by atoms with Crippen LogP contribution < -0.4 is 10.4 Å². The van der Waals surface area contributed by atoms with Gasteiger partial charge in [-0.15, -0.1) is 0 Å². The van der Waals surface area contributed by atoms with Gasteiger partial charge in [0.2, 0.25) is 0 Å². The molecule has 0 saturated heterocycles. The van der Waals surface area contributed by atoms with E-state index in [2.05, 4.69) is 41.1 Å². The van der Waals surface area contributed by atoms with Crippen molar-refractivity contribution in [3.63, 3.8) is 0 Å². The molecule has 4 rings (SSSR count). The third-order valence-corrected chi connectivity index (χ3v) is 5.44. The Kier molecular flexibility index (Phi) is 4.49. The van der Waals surface area contributed by atoms with E-state index in [0.717, 1.165) is 28.1 Å². The number of benzene rings is 2. The zero-order valence-electron chi connectivity index (χ0n) is 15.5. The van der Waals surface area contributed by atoms with E-state index in [0.29, 0.717) is 6.61 Å². The lowest BCUT2D eigenvalue weighted by molar-refractivity contribution is 0.301. The lowest BCUT2D eigenvalue weighted by Crippen LogP contribution is -2.40. The average Bonchev–Trinajstić information content (AvgIpc) is 3.20. The van der Waals surface area contributed by atoms with Gasteiger partial charge in [0.05, 0.1) is 5.69 Å². The summed E-state index contributed by atoms with van der Waals surface area (Å²) in [5, 5.41) is 7.19. The molecule has 0 saturated carbocycles. The van der Waals surface area contributed by atoms with Crippen LogP contribution in [0, 0.1) is 13.8 Å². The maximum absolute atomic E-state index is 12.1. The second kappa shape index (κ2) is 6.96. The Morgan fingerprint density at radius 2 is 1.93 bits per heavy atom. The van der Waals surface area contributed by atoms with Crippen LogP contribution in [0.25, 0.3) is 16.8 Å². The summed E-state index contributed by atoms with van der Waals surface area (Å²) in [6, 6.07) is 14.3. The highest BCUT2D eigenvalue weighted by Crippen LogP contribution is 2.29. The minimum Gasteiger partial charge on any atom is -0.489 e. The van der Waals surface area contributed by atoms with Crippen molar-refractivity contribution in [1.82, 2.24) is 14.6 Å². The molecule has 2 aromatic carbocycles. The first-order valence-electron chi connectivity index (χ1n) is 8.73. The summed E-state index contributed by atoms with van der Waals surface area (Å²) in [6.45, 7) is 4.48. The van der Waals surface area contributed by atoms with Crippen LogP contribution >= 0.6 is 11.3 Å². The fourth-order valence-corrected chi connectivity index (χ4v) is 3.82. The van der Waals surface area contributed by atoms with E-state index in [9.17, 15) is 4.79 Å². The summed E-state index contributed by atoms with van der Waals surface area (Å²) in [5.74, 6) is 0.850. The van der Waals surface area contributed by atoms with Crippen molar-refractivity contribution in [3.05, 3.63) is 80.4 Å². The first kappa shape index (κ1) is 17.4. The molecular formula is C21H21N3O2S. The fourth-order valence-electron chi connectivity index (χ4n) is 3.15. The van der Waals surface area contributed by atoms with E-state index in [1.165, 1.54) is 20.5 Å². The lowest BCUT2D eigenvalue weighted by atomic mass is 10.1. The van der Waals surface area contributed by atoms with Crippen LogP contribution in [0.1, 0.15) is 16.7 Å². The van der Waals surface area contributed by atoms with Gasteiger partial charge in [-0.25, -0.2) is 14.7 Å². The Morgan fingerprint density at radius 1 is 1.07 bits per heavy atom. The molecule has 2 heterocycles. The van der Waals surface area contributed by atoms with Crippen LogP contribution in [0.15, 0.2) is 58.0 Å². The molecule has 0 radical (unpaired) electrons. The molecule has 5 nitrogen and oxygen atoms in total. The predicted octanol–water partition coefficient (Wildman–Crippen LogP) is 4.43. The number of aryl methyl sites for hydroxylation is 3. The predicted molar refractivity (Wildman–Crippen MR) is 109 cm³/mol. The molecule has 0 aliphatic carbocycles. The van der Waals surface area contributed by atoms with Gasteiger partial charge in [0.1, 0.15) is 12.4 Å². The first-order chi connectivity index (χ1) is 13.0. The third kappa shape index (κ3) is 3.24. The van der Waals surface area contributed by atoms with E-state index in [1.54, 1.807) is 18.4 Å². The SMILES string of the molecule is Cc1cc(-c2ccsc2)ccc1OCc1c(C)cccc1-n1[nH]n(C)c1=O. The average molecular weight is 379 g/mol. The van der Waals surface area contributed by atoms with Gasteiger partial charge in [0, 0.05) is 12.6 Å². The van der Waals surface area contributed by atoms with E-state index in [-0.39, 0.29) is 5.69 Å². The molecular weight excluding hydrogens is 358 g/mol. The van der Waals surface area contributed by atoms with Crippen LogP contribution in [0.2, 0.25) is 0 Å². The number of aromatic nitrogens is 3. The maximum atomic E-state index is 12.1. The number of aromatic amines is 1. The minimum atomic E-state index is -0.0850. The molecule has 0 aliphatic rings. The van der Waals surface area contributed by atoms with Crippen LogP contribution in [0.4, 0.5) is 0 Å². The Morgan fingerprint density at radius 3 is 2.59 bits per heavy atom. The summed E-state index contributed by atoms with van der Waals surface area (Å²) in [6.07, 6.45) is 0. The number of thiophene rings is 1. The molecule has 27 heavy (non-hydrogen) atoms. The van der Waals surface area contributed by atoms with E-state index in [1.807, 2.05) is 31.2 Å². The standard InChI is InChI=1S/C21H21N3O2S/c1-14-5-4-6-19(24-21(25)23(3)22-24)18(14)12-26-20-8-7-16(11-15(20)2)17-9-10-27-13-17/h4-11,13,22H,12H2,1-3H3. The Hall–Kier alpha value is -2.99. The van der Waals surface area contributed by atoms with E-state index >= 15 is 0 Å². The molecule has 0 unspecified atom stereocenters. The number of hydrogen-bond donors (Lipinski definition) is 1. The quantitative estimate of drug-likeness (QED) is 0.558. The molecule has 0 atom stereocenters. The highest BCUT2D eigenvalue weighted by molar-refractivity contribution is 7.08. The Labute approximate surface area is 161 Å². The largest absolute Gasteiger partial charge is 0.489 e. The molecule has 0 spiro atoms. The van der Waals surface area contributed by atoms with Gasteiger partial charge < -0.3 is 4.74 Å². The second-order valence-electron chi connectivity index (χ2n) is 6.63. The van der Waals surface area contributed by atoms with Crippen molar-refractivity contribution in [2.75, 3.05) is 0 Å². The zero-order chi connectivity index (χ0) is 19.0. The molecule has 4 aromatic rings. The van der Waals surface area contributed by atoms with Gasteiger partial charge in [0.15, 0.2) is 0 Å². The summed E-state index contributed by atoms with van der Waals surface area (Å²) in [7, 11) is 1.70. The summed E-state index contributed by atoms with van der Waals surface area (Å²) in [5.41, 5.74) is 6.32. The normalized spacial score (nSPS) is 11.1. The van der Waals surface area contributed by atoms with Gasteiger partial charge in [-0.05, 0) is 71.1 Å². The molecule has 1 N–H and O–H groups in total. The number of hydrogen-bond acceptors (Lipinski definition) is 3. The van der Waals surface area contributed by atoms with E-state index in [4.69, 9.17) is 4.74 Å². The zero-order valence-corrected chi connectivity index (χ0v) is 16.3. The van der Waals surface area contributed by atoms with Crippen molar-refractivity contribution in [3.8, 4) is 22.6 Å². The van der Waals surface area contributed by atoms with Gasteiger partial charge >= 0.3 is 5.69 Å². The van der Waals surface area contributed by atoms with Gasteiger partial charge in [0.25, 0.3) is 0 Å². The first-order valence-corrected chi connectivity index (χ1v) is 9.67. The monoisotopic (exact) mass is 379 g/mol. The van der Waals surface area contributed by atoms with Crippen LogP contribution in [0.3, 0.4) is 0 Å². The molecule has 0 fully saturated rings. The molecule has 138 valence electrons. The third-order valence-electron chi connectivity index (χ3n) is 4.76. The Balaban J connectivity index is 1.60. The highest BCUT2D eigenvalue weighted by atomic mass is 32.1. The minimum absolute atomic E-state index is 0.0850. The van der Waals surface area contributed by atoms with Gasteiger partial charge in [-0.3, -0.25) is 0 Å². The molecule has 2 aromatic heterocycles. The number of nitrogens with one attached hydrogen (secondary N) is 1. The van der Waals surface area contributed by atoms with Crippen molar-refractivity contribution < 1.29 is 4.74 Å². The van der Waals surface area contributed by atoms with Crippen molar-refractivity contribution in [1.29, 1.82) is 0 Å². The molecule has 0 bridgehead atoms. The van der Waals surface area contributed by atoms with Crippen LogP contribution in [-0.4, -0.2) is 14.6 Å². The summed E-state index contributed by atoms with van der Waals surface area (Å²) in [4.78, 5) is 12.1. The van der Waals surface area contributed by atoms with Crippen LogP contribution in [-0.2, 0) is 13.7 Å². The van der Waals surface area contributed by atoms with E-state index < -0.39 is 0 Å². The fraction of sp³-hybridized carbons (Fsp3) is 0.190. The number of ether oxygens (including phenoxy) is 1. The molecule has 0 amide bonds. The Bertz CT molecular complexity index is 1130. The van der Waals surface area contributed by atoms with Crippen molar-refractivity contribution in [2.45, 2.75) is 20.5 Å². The maximum Gasteiger partial charge on any atom is 0.364 e. The molecule has 0 aliphatic heterocycles. The van der Waals surface area contributed by atoms with Gasteiger partial charge in [-0.1, -0.05) is 18.2 Å². The summed E-state index contributed by atoms with van der Waals surface area (Å²) < 4.78 is 9.11. The summed E-state index contributed by atoms with van der Waals surface area (Å²) >= 11 is 1.69. The highest BCUT2D eigenvalue weighted by Gasteiger charge is 2.14.